The van der Waals surface area contributed by atoms with E-state index in [4.69, 9.17) is 4.74 Å². The van der Waals surface area contributed by atoms with Crippen molar-refractivity contribution < 1.29 is 14.3 Å². The van der Waals surface area contributed by atoms with E-state index in [0.717, 1.165) is 6.42 Å². The second-order valence-electron chi connectivity index (χ2n) is 5.35. The highest BCUT2D eigenvalue weighted by atomic mass is 16.5. The van der Waals surface area contributed by atoms with Crippen LogP contribution >= 0.6 is 0 Å². The summed E-state index contributed by atoms with van der Waals surface area (Å²) in [5.41, 5.74) is 0. The maximum absolute atomic E-state index is 12.5. The molecule has 1 fully saturated rings. The summed E-state index contributed by atoms with van der Waals surface area (Å²) in [6.45, 7) is 8.33. The Hall–Kier alpha value is -1.10. The first-order valence-corrected chi connectivity index (χ1v) is 7.09. The molecule has 1 saturated heterocycles. The van der Waals surface area contributed by atoms with Gasteiger partial charge in [0.15, 0.2) is 0 Å². The summed E-state index contributed by atoms with van der Waals surface area (Å²) in [5.74, 6) is 0.113. The summed E-state index contributed by atoms with van der Waals surface area (Å²) in [7, 11) is 1.61. The molecule has 110 valence electrons. The van der Waals surface area contributed by atoms with E-state index in [-0.39, 0.29) is 29.8 Å². The monoisotopic (exact) mass is 270 g/mol. The highest BCUT2D eigenvalue weighted by Gasteiger charge is 2.43. The summed E-state index contributed by atoms with van der Waals surface area (Å²) in [6, 6.07) is -0.867. The Bertz CT molecular complexity index is 333. The number of piperazine rings is 1. The Morgan fingerprint density at radius 2 is 1.95 bits per heavy atom. The first-order valence-electron chi connectivity index (χ1n) is 7.09. The fourth-order valence-corrected chi connectivity index (χ4v) is 2.61. The molecule has 1 rings (SSSR count). The molecule has 5 heteroatoms. The molecule has 0 aromatic heterocycles. The van der Waals surface area contributed by atoms with E-state index in [2.05, 4.69) is 5.32 Å². The fourth-order valence-electron chi connectivity index (χ4n) is 2.61. The van der Waals surface area contributed by atoms with Gasteiger partial charge in [-0.1, -0.05) is 27.2 Å². The smallest absolute Gasteiger partial charge is 0.246 e. The first-order chi connectivity index (χ1) is 8.97. The first kappa shape index (κ1) is 16.0. The summed E-state index contributed by atoms with van der Waals surface area (Å²) >= 11 is 0. The van der Waals surface area contributed by atoms with Crippen molar-refractivity contribution >= 4 is 11.8 Å². The number of hydrogen-bond acceptors (Lipinski definition) is 3. The molecule has 0 aliphatic carbocycles. The Morgan fingerprint density at radius 3 is 2.42 bits per heavy atom. The lowest BCUT2D eigenvalue weighted by atomic mass is 9.91. The van der Waals surface area contributed by atoms with Crippen molar-refractivity contribution in [1.82, 2.24) is 10.2 Å². The molecule has 1 aliphatic rings. The van der Waals surface area contributed by atoms with Crippen molar-refractivity contribution in [2.75, 3.05) is 13.7 Å². The zero-order valence-electron chi connectivity index (χ0n) is 12.6. The molecule has 4 unspecified atom stereocenters. The van der Waals surface area contributed by atoms with E-state index in [1.54, 1.807) is 12.0 Å². The fraction of sp³-hybridized carbons (Fsp3) is 0.857. The Kier molecular flexibility index (Phi) is 5.79. The molecule has 1 N–H and O–H groups in total. The highest BCUT2D eigenvalue weighted by molar-refractivity contribution is 5.97. The second kappa shape index (κ2) is 6.89. The van der Waals surface area contributed by atoms with Crippen molar-refractivity contribution in [3.05, 3.63) is 0 Å². The normalized spacial score (nSPS) is 27.1. The van der Waals surface area contributed by atoms with Crippen LogP contribution in [0.2, 0.25) is 0 Å². The topological polar surface area (TPSA) is 58.6 Å². The molecule has 0 aromatic carbocycles. The third kappa shape index (κ3) is 3.26. The quantitative estimate of drug-likeness (QED) is 0.788. The predicted octanol–water partition coefficient (Wildman–Crippen LogP) is 1.17. The van der Waals surface area contributed by atoms with Crippen LogP contribution in [0.3, 0.4) is 0 Å². The number of nitrogens with one attached hydrogen (secondary N) is 1. The van der Waals surface area contributed by atoms with E-state index < -0.39 is 6.04 Å². The molecule has 0 saturated carbocycles. The van der Waals surface area contributed by atoms with E-state index >= 15 is 0 Å². The number of methoxy groups -OCH3 is 1. The van der Waals surface area contributed by atoms with Crippen LogP contribution < -0.4 is 5.32 Å². The van der Waals surface area contributed by atoms with Gasteiger partial charge in [0.2, 0.25) is 11.8 Å². The van der Waals surface area contributed by atoms with Crippen LogP contribution in [-0.4, -0.2) is 48.6 Å². The minimum Gasteiger partial charge on any atom is -0.383 e. The lowest BCUT2D eigenvalue weighted by molar-refractivity contribution is -0.155. The van der Waals surface area contributed by atoms with Crippen molar-refractivity contribution in [2.24, 2.45) is 5.92 Å². The van der Waals surface area contributed by atoms with E-state index in [1.165, 1.54) is 0 Å². The number of carbonyl (C=O) groups excluding carboxylic acids is 2. The molecule has 0 radical (unpaired) electrons. The van der Waals surface area contributed by atoms with Gasteiger partial charge >= 0.3 is 0 Å². The average Bonchev–Trinajstić information content (AvgIpc) is 2.39. The number of hydrogen-bond donors (Lipinski definition) is 1. The SMILES string of the molecule is CCC1NC(=O)C(C(C)CC)N(C(C)COC)C1=O. The molecule has 0 aromatic rings. The molecule has 0 bridgehead atoms. The molecule has 1 aliphatic heterocycles. The molecule has 1 heterocycles. The number of ether oxygens (including phenoxy) is 1. The van der Waals surface area contributed by atoms with E-state index in [9.17, 15) is 9.59 Å². The van der Waals surface area contributed by atoms with Gasteiger partial charge in [-0.05, 0) is 19.3 Å². The van der Waals surface area contributed by atoms with Crippen LogP contribution in [-0.2, 0) is 14.3 Å². The summed E-state index contributed by atoms with van der Waals surface area (Å²) in [5, 5.41) is 2.84. The van der Waals surface area contributed by atoms with Crippen LogP contribution in [0, 0.1) is 5.92 Å². The summed E-state index contributed by atoms with van der Waals surface area (Å²) in [4.78, 5) is 26.5. The van der Waals surface area contributed by atoms with Gasteiger partial charge < -0.3 is 15.0 Å². The van der Waals surface area contributed by atoms with Gasteiger partial charge in [-0.2, -0.15) is 0 Å². The van der Waals surface area contributed by atoms with E-state index in [0.29, 0.717) is 13.0 Å². The van der Waals surface area contributed by atoms with Crippen molar-refractivity contribution in [1.29, 1.82) is 0 Å². The molecule has 4 atom stereocenters. The van der Waals surface area contributed by atoms with Crippen LogP contribution in [0.15, 0.2) is 0 Å². The highest BCUT2D eigenvalue weighted by Crippen LogP contribution is 2.23. The van der Waals surface area contributed by atoms with Gasteiger partial charge in [-0.25, -0.2) is 0 Å². The van der Waals surface area contributed by atoms with Crippen LogP contribution in [0.25, 0.3) is 0 Å². The summed E-state index contributed by atoms with van der Waals surface area (Å²) < 4.78 is 5.15. The Labute approximate surface area is 115 Å². The summed E-state index contributed by atoms with van der Waals surface area (Å²) in [6.07, 6.45) is 1.48. The van der Waals surface area contributed by atoms with Gasteiger partial charge in [0, 0.05) is 7.11 Å². The third-order valence-corrected chi connectivity index (χ3v) is 3.91. The lowest BCUT2D eigenvalue weighted by Gasteiger charge is -2.44. The average molecular weight is 270 g/mol. The zero-order chi connectivity index (χ0) is 14.6. The molecule has 5 nitrogen and oxygen atoms in total. The third-order valence-electron chi connectivity index (χ3n) is 3.91. The minimum atomic E-state index is -0.396. The molecular weight excluding hydrogens is 244 g/mol. The Balaban J connectivity index is 3.04. The van der Waals surface area contributed by atoms with E-state index in [1.807, 2.05) is 27.7 Å². The second-order valence-corrected chi connectivity index (χ2v) is 5.35. The van der Waals surface area contributed by atoms with Gasteiger partial charge in [-0.3, -0.25) is 9.59 Å². The molecular formula is C14H26N2O3. The van der Waals surface area contributed by atoms with Gasteiger partial charge in [0.05, 0.1) is 12.6 Å². The van der Waals surface area contributed by atoms with Gasteiger partial charge in [0.25, 0.3) is 0 Å². The molecule has 19 heavy (non-hydrogen) atoms. The number of nitrogens with zero attached hydrogens (tertiary/aromatic N) is 1. The van der Waals surface area contributed by atoms with Gasteiger partial charge in [-0.15, -0.1) is 0 Å². The largest absolute Gasteiger partial charge is 0.383 e. The Morgan fingerprint density at radius 1 is 1.32 bits per heavy atom. The van der Waals surface area contributed by atoms with Crippen molar-refractivity contribution in [2.45, 2.75) is 58.7 Å². The van der Waals surface area contributed by atoms with Crippen LogP contribution in [0.1, 0.15) is 40.5 Å². The maximum Gasteiger partial charge on any atom is 0.246 e. The molecule has 2 amide bonds. The standard InChI is InChI=1S/C14H26N2O3/c1-6-9(3)12-13(17)15-11(7-2)14(18)16(12)10(4)8-19-5/h9-12H,6-8H2,1-5H3,(H,15,17). The van der Waals surface area contributed by atoms with Crippen molar-refractivity contribution in [3.63, 3.8) is 0 Å². The predicted molar refractivity (Wildman–Crippen MR) is 73.6 cm³/mol. The maximum atomic E-state index is 12.5. The number of amides is 2. The van der Waals surface area contributed by atoms with Crippen molar-refractivity contribution in [3.8, 4) is 0 Å². The van der Waals surface area contributed by atoms with Crippen LogP contribution in [0.4, 0.5) is 0 Å². The molecule has 0 spiro atoms. The minimum absolute atomic E-state index is 0.0111. The van der Waals surface area contributed by atoms with Gasteiger partial charge in [0.1, 0.15) is 12.1 Å². The lowest BCUT2D eigenvalue weighted by Crippen LogP contribution is -2.67. The number of carbonyl (C=O) groups is 2. The zero-order valence-corrected chi connectivity index (χ0v) is 12.6. The van der Waals surface area contributed by atoms with Crippen LogP contribution in [0.5, 0.6) is 0 Å². The number of rotatable bonds is 6.